The molecule has 0 unspecified atom stereocenters. The Morgan fingerprint density at radius 1 is 1.53 bits per heavy atom. The first-order valence-electron chi connectivity index (χ1n) is 5.23. The molecule has 1 fully saturated rings. The summed E-state index contributed by atoms with van der Waals surface area (Å²) >= 11 is 0. The van der Waals surface area contributed by atoms with Crippen LogP contribution in [0.4, 0.5) is 4.79 Å². The summed E-state index contributed by atoms with van der Waals surface area (Å²) in [6.07, 6.45) is -1.25. The van der Waals surface area contributed by atoms with Gasteiger partial charge in [-0.05, 0) is 33.7 Å². The topological polar surface area (TPSA) is 75.6 Å². The van der Waals surface area contributed by atoms with Crippen molar-refractivity contribution in [2.24, 2.45) is 0 Å². The second-order valence-corrected chi connectivity index (χ2v) is 4.93. The first kappa shape index (κ1) is 12.3. The molecule has 2 atom stereocenters. The molecule has 0 aromatic heterocycles. The summed E-state index contributed by atoms with van der Waals surface area (Å²) in [6.45, 7) is 6.57. The Labute approximate surface area is 90.1 Å². The summed E-state index contributed by atoms with van der Waals surface area (Å²) in [5.41, 5.74) is -0.540. The first-order valence-corrected chi connectivity index (χ1v) is 5.23. The second-order valence-electron chi connectivity index (χ2n) is 4.93. The molecule has 0 saturated carbocycles. The minimum Gasteiger partial charge on any atom is -0.530 e. The quantitative estimate of drug-likeness (QED) is 0.597. The number of amides is 1. The number of aliphatic hydroxyl groups excluding tert-OH is 1. The minimum absolute atomic E-state index is 0.365. The van der Waals surface area contributed by atoms with Crippen LogP contribution in [0, 0.1) is 0 Å². The predicted molar refractivity (Wildman–Crippen MR) is 54.3 cm³/mol. The van der Waals surface area contributed by atoms with Crippen molar-refractivity contribution in [2.45, 2.75) is 44.9 Å². The van der Waals surface area contributed by atoms with Crippen molar-refractivity contribution in [3.05, 3.63) is 0 Å². The van der Waals surface area contributed by atoms with E-state index in [1.165, 1.54) is 4.90 Å². The third-order valence-corrected chi connectivity index (χ3v) is 2.67. The van der Waals surface area contributed by atoms with E-state index in [2.05, 4.69) is 5.32 Å². The van der Waals surface area contributed by atoms with Crippen LogP contribution in [-0.4, -0.2) is 46.9 Å². The molecule has 1 aliphatic heterocycles. The number of rotatable bonds is 1. The molecule has 1 rings (SSSR count). The van der Waals surface area contributed by atoms with Crippen LogP contribution in [0.5, 0.6) is 0 Å². The van der Waals surface area contributed by atoms with Crippen molar-refractivity contribution in [2.75, 3.05) is 13.1 Å². The van der Waals surface area contributed by atoms with Crippen LogP contribution in [0.15, 0.2) is 0 Å². The minimum atomic E-state index is -1.21. The molecule has 0 radical (unpaired) electrons. The van der Waals surface area contributed by atoms with Gasteiger partial charge in [0.1, 0.15) is 6.09 Å². The lowest BCUT2D eigenvalue weighted by atomic mass is 9.96. The Bertz CT molecular complexity index is 237. The number of carbonyl (C=O) groups excluding carboxylic acids is 1. The molecule has 0 bridgehead atoms. The van der Waals surface area contributed by atoms with Gasteiger partial charge in [0.2, 0.25) is 0 Å². The highest BCUT2D eigenvalue weighted by Crippen LogP contribution is 2.22. The SMILES string of the molecule is CC(C)(C)N(C(=O)[O-])[C@@H]1CCNC[C@@H]1O. The standard InChI is InChI=1S/C10H20N2O3/c1-10(2,3)12(9(14)15)7-4-5-11-6-8(7)13/h7-8,11,13H,4-6H2,1-3H3,(H,14,15)/p-1/t7-,8+/m1/s1. The van der Waals surface area contributed by atoms with Crippen LogP contribution >= 0.6 is 0 Å². The van der Waals surface area contributed by atoms with Crippen LogP contribution in [0.25, 0.3) is 0 Å². The van der Waals surface area contributed by atoms with E-state index in [-0.39, 0.29) is 6.04 Å². The Kier molecular flexibility index (Phi) is 3.57. The average molecular weight is 215 g/mol. The lowest BCUT2D eigenvalue weighted by molar-refractivity contribution is -0.276. The molecule has 0 aliphatic carbocycles. The van der Waals surface area contributed by atoms with Gasteiger partial charge in [0.25, 0.3) is 0 Å². The maximum atomic E-state index is 11.1. The van der Waals surface area contributed by atoms with Crippen molar-refractivity contribution in [3.63, 3.8) is 0 Å². The fourth-order valence-electron chi connectivity index (χ4n) is 2.04. The van der Waals surface area contributed by atoms with Crippen molar-refractivity contribution < 1.29 is 15.0 Å². The first-order chi connectivity index (χ1) is 6.84. The van der Waals surface area contributed by atoms with E-state index in [0.29, 0.717) is 13.0 Å². The van der Waals surface area contributed by atoms with Gasteiger partial charge in [0.05, 0.1) is 12.1 Å². The number of carbonyl (C=O) groups is 1. The van der Waals surface area contributed by atoms with Crippen molar-refractivity contribution >= 4 is 6.09 Å². The number of hydrogen-bond acceptors (Lipinski definition) is 4. The van der Waals surface area contributed by atoms with Gasteiger partial charge in [-0.1, -0.05) is 0 Å². The number of nitrogens with one attached hydrogen (secondary N) is 1. The van der Waals surface area contributed by atoms with Gasteiger partial charge in [0.15, 0.2) is 0 Å². The summed E-state index contributed by atoms with van der Waals surface area (Å²) in [7, 11) is 0. The normalized spacial score (nSPS) is 27.5. The number of aliphatic hydroxyl groups is 1. The summed E-state index contributed by atoms with van der Waals surface area (Å²) in [4.78, 5) is 12.3. The molecule has 5 heteroatoms. The summed E-state index contributed by atoms with van der Waals surface area (Å²) in [6, 6.07) is -0.365. The van der Waals surface area contributed by atoms with Crippen LogP contribution in [-0.2, 0) is 0 Å². The summed E-state index contributed by atoms with van der Waals surface area (Å²) in [5.74, 6) is 0. The molecule has 1 heterocycles. The lowest BCUT2D eigenvalue weighted by Crippen LogP contribution is -2.63. The number of piperidine rings is 1. The number of hydrogen-bond donors (Lipinski definition) is 2. The fourth-order valence-corrected chi connectivity index (χ4v) is 2.04. The highest BCUT2D eigenvalue weighted by Gasteiger charge is 2.34. The van der Waals surface area contributed by atoms with E-state index in [4.69, 9.17) is 0 Å². The van der Waals surface area contributed by atoms with Crippen LogP contribution in [0.3, 0.4) is 0 Å². The Hall–Kier alpha value is -0.810. The van der Waals surface area contributed by atoms with Gasteiger partial charge in [-0.3, -0.25) is 0 Å². The Morgan fingerprint density at radius 2 is 2.13 bits per heavy atom. The maximum Gasteiger partial charge on any atom is 0.137 e. The zero-order valence-electron chi connectivity index (χ0n) is 9.49. The summed E-state index contributed by atoms with van der Waals surface area (Å²) in [5, 5.41) is 23.9. The third kappa shape index (κ3) is 2.82. The van der Waals surface area contributed by atoms with E-state index in [1.54, 1.807) is 20.8 Å². The number of β-amino-alcohol motifs (C(OH)–C–C–N with tert-alkyl or cyclic N) is 1. The molecule has 2 N–H and O–H groups in total. The maximum absolute atomic E-state index is 11.1. The van der Waals surface area contributed by atoms with E-state index >= 15 is 0 Å². The monoisotopic (exact) mass is 215 g/mol. The van der Waals surface area contributed by atoms with Crippen LogP contribution in [0.2, 0.25) is 0 Å². The fraction of sp³-hybridized carbons (Fsp3) is 0.900. The van der Waals surface area contributed by atoms with Gasteiger partial charge in [-0.15, -0.1) is 0 Å². The van der Waals surface area contributed by atoms with Crippen molar-refractivity contribution in [1.29, 1.82) is 0 Å². The molecule has 0 aromatic carbocycles. The van der Waals surface area contributed by atoms with Gasteiger partial charge in [-0.25, -0.2) is 0 Å². The van der Waals surface area contributed by atoms with E-state index in [9.17, 15) is 15.0 Å². The molecule has 1 aliphatic rings. The van der Waals surface area contributed by atoms with Crippen LogP contribution in [0.1, 0.15) is 27.2 Å². The summed E-state index contributed by atoms with van der Waals surface area (Å²) < 4.78 is 0. The lowest BCUT2D eigenvalue weighted by Gasteiger charge is -2.47. The Morgan fingerprint density at radius 3 is 2.53 bits per heavy atom. The van der Waals surface area contributed by atoms with Crippen molar-refractivity contribution in [1.82, 2.24) is 10.2 Å². The van der Waals surface area contributed by atoms with Gasteiger partial charge >= 0.3 is 0 Å². The molecule has 15 heavy (non-hydrogen) atoms. The second kappa shape index (κ2) is 4.37. The molecular formula is C10H19N2O3-. The van der Waals surface area contributed by atoms with E-state index < -0.39 is 17.7 Å². The highest BCUT2D eigenvalue weighted by molar-refractivity contribution is 5.64. The average Bonchev–Trinajstić information content (AvgIpc) is 2.05. The number of nitrogens with zero attached hydrogens (tertiary/aromatic N) is 1. The molecule has 0 spiro atoms. The smallest absolute Gasteiger partial charge is 0.137 e. The molecular weight excluding hydrogens is 196 g/mol. The molecule has 5 nitrogen and oxygen atoms in total. The molecule has 1 amide bonds. The molecule has 1 saturated heterocycles. The third-order valence-electron chi connectivity index (χ3n) is 2.67. The predicted octanol–water partition coefficient (Wildman–Crippen LogP) is -0.847. The van der Waals surface area contributed by atoms with E-state index in [1.807, 2.05) is 0 Å². The molecule has 0 aromatic rings. The van der Waals surface area contributed by atoms with Gasteiger partial charge in [-0.2, -0.15) is 0 Å². The van der Waals surface area contributed by atoms with Gasteiger partial charge in [0, 0.05) is 12.1 Å². The van der Waals surface area contributed by atoms with Crippen LogP contribution < -0.4 is 10.4 Å². The molecule has 88 valence electrons. The Balaban J connectivity index is 2.83. The van der Waals surface area contributed by atoms with E-state index in [0.717, 1.165) is 6.54 Å². The largest absolute Gasteiger partial charge is 0.530 e. The van der Waals surface area contributed by atoms with Gasteiger partial charge < -0.3 is 25.2 Å². The zero-order valence-corrected chi connectivity index (χ0v) is 9.49. The zero-order chi connectivity index (χ0) is 11.6. The highest BCUT2D eigenvalue weighted by atomic mass is 16.4. The number of carboxylic acid groups (broad SMARTS) is 1. The van der Waals surface area contributed by atoms with Crippen molar-refractivity contribution in [3.8, 4) is 0 Å².